The predicted octanol–water partition coefficient (Wildman–Crippen LogP) is 6.20. The van der Waals surface area contributed by atoms with E-state index in [1.54, 1.807) is 6.07 Å². The highest BCUT2D eigenvalue weighted by molar-refractivity contribution is 9.10. The van der Waals surface area contributed by atoms with Crippen LogP contribution in [0.5, 0.6) is 5.75 Å². The summed E-state index contributed by atoms with van der Waals surface area (Å²) in [4.78, 5) is 0. The van der Waals surface area contributed by atoms with Crippen molar-refractivity contribution in [3.05, 3.63) is 107 Å². The Balaban J connectivity index is 1.90. The number of anilines is 1. The molecule has 2 nitrogen and oxygen atoms in total. The standard InChI is InChI=1S/C23H18BrNO/c1-16-18-10-7-12-20(24)22(18)25-23(16,19-11-5-6-13-21(19)26)15-14-17-8-3-2-4-9-17/h2-15,25-26H,1H2/b15-14+. The van der Waals surface area contributed by atoms with Crippen LogP contribution >= 0.6 is 15.9 Å². The zero-order valence-electron chi connectivity index (χ0n) is 14.1. The monoisotopic (exact) mass is 403 g/mol. The van der Waals surface area contributed by atoms with Gasteiger partial charge < -0.3 is 10.4 Å². The predicted molar refractivity (Wildman–Crippen MR) is 112 cm³/mol. The number of aromatic hydroxyl groups is 1. The normalized spacial score (nSPS) is 18.7. The number of hydrogen-bond donors (Lipinski definition) is 2. The average molecular weight is 404 g/mol. The van der Waals surface area contributed by atoms with Crippen LogP contribution in [0.1, 0.15) is 16.7 Å². The molecule has 0 aliphatic carbocycles. The first-order valence-corrected chi connectivity index (χ1v) is 9.20. The molecule has 0 bridgehead atoms. The van der Waals surface area contributed by atoms with Crippen LogP contribution in [-0.4, -0.2) is 5.11 Å². The zero-order valence-corrected chi connectivity index (χ0v) is 15.7. The average Bonchev–Trinajstić information content (AvgIpc) is 2.96. The highest BCUT2D eigenvalue weighted by Gasteiger charge is 2.42. The van der Waals surface area contributed by atoms with Crippen molar-refractivity contribution >= 4 is 33.3 Å². The Morgan fingerprint density at radius 3 is 2.38 bits per heavy atom. The lowest BCUT2D eigenvalue weighted by molar-refractivity contribution is 0.463. The molecule has 3 aromatic carbocycles. The van der Waals surface area contributed by atoms with Gasteiger partial charge in [-0.3, -0.25) is 0 Å². The van der Waals surface area contributed by atoms with Gasteiger partial charge >= 0.3 is 0 Å². The zero-order chi connectivity index (χ0) is 18.1. The van der Waals surface area contributed by atoms with Crippen molar-refractivity contribution in [2.45, 2.75) is 5.54 Å². The molecule has 2 N–H and O–H groups in total. The van der Waals surface area contributed by atoms with E-state index < -0.39 is 5.54 Å². The maximum absolute atomic E-state index is 10.6. The molecular formula is C23H18BrNO. The molecule has 4 rings (SSSR count). The van der Waals surface area contributed by atoms with Gasteiger partial charge in [0, 0.05) is 15.6 Å². The van der Waals surface area contributed by atoms with Crippen LogP contribution < -0.4 is 5.32 Å². The molecule has 0 radical (unpaired) electrons. The molecule has 0 saturated carbocycles. The molecule has 3 heteroatoms. The molecule has 26 heavy (non-hydrogen) atoms. The van der Waals surface area contributed by atoms with Gasteiger partial charge in [-0.2, -0.15) is 0 Å². The van der Waals surface area contributed by atoms with Crippen molar-refractivity contribution < 1.29 is 5.11 Å². The van der Waals surface area contributed by atoms with Crippen molar-refractivity contribution in [3.63, 3.8) is 0 Å². The van der Waals surface area contributed by atoms with E-state index in [1.165, 1.54) is 0 Å². The van der Waals surface area contributed by atoms with E-state index in [0.717, 1.165) is 32.4 Å². The van der Waals surface area contributed by atoms with Gasteiger partial charge in [-0.15, -0.1) is 0 Å². The van der Waals surface area contributed by atoms with Crippen LogP contribution in [-0.2, 0) is 5.54 Å². The minimum absolute atomic E-state index is 0.239. The number of fused-ring (bicyclic) bond motifs is 1. The van der Waals surface area contributed by atoms with E-state index in [2.05, 4.69) is 52.1 Å². The van der Waals surface area contributed by atoms with Crippen LogP contribution in [0.3, 0.4) is 0 Å². The fraction of sp³-hybridized carbons (Fsp3) is 0.0435. The largest absolute Gasteiger partial charge is 0.508 e. The van der Waals surface area contributed by atoms with Crippen molar-refractivity contribution in [1.82, 2.24) is 0 Å². The van der Waals surface area contributed by atoms with E-state index in [1.807, 2.05) is 54.6 Å². The second-order valence-electron chi connectivity index (χ2n) is 6.34. The van der Waals surface area contributed by atoms with Crippen molar-refractivity contribution in [2.75, 3.05) is 5.32 Å². The Bertz CT molecular complexity index is 1010. The number of phenolic OH excluding ortho intramolecular Hbond substituents is 1. The third-order valence-corrected chi connectivity index (χ3v) is 5.45. The minimum Gasteiger partial charge on any atom is -0.508 e. The minimum atomic E-state index is -0.715. The first kappa shape index (κ1) is 16.7. The molecule has 0 fully saturated rings. The summed E-state index contributed by atoms with van der Waals surface area (Å²) >= 11 is 3.62. The van der Waals surface area contributed by atoms with Crippen LogP contribution in [0.15, 0.2) is 89.9 Å². The SMILES string of the molecule is C=C1c2cccc(Br)c2NC1(/C=C/c1ccccc1)c1ccccc1O. The summed E-state index contributed by atoms with van der Waals surface area (Å²) in [5.41, 5.74) is 4.08. The smallest absolute Gasteiger partial charge is 0.121 e. The number of nitrogens with one attached hydrogen (secondary N) is 1. The number of rotatable bonds is 3. The van der Waals surface area contributed by atoms with Gasteiger partial charge in [0.05, 0.1) is 5.69 Å². The van der Waals surface area contributed by atoms with Crippen LogP contribution in [0.4, 0.5) is 5.69 Å². The molecule has 3 aromatic rings. The molecule has 1 atom stereocenters. The summed E-state index contributed by atoms with van der Waals surface area (Å²) in [5.74, 6) is 0.239. The van der Waals surface area contributed by atoms with Crippen molar-refractivity contribution in [3.8, 4) is 5.75 Å². The maximum atomic E-state index is 10.6. The third kappa shape index (κ3) is 2.65. The second kappa shape index (κ2) is 6.50. The second-order valence-corrected chi connectivity index (χ2v) is 7.19. The van der Waals surface area contributed by atoms with Gasteiger partial charge in [-0.05, 0) is 45.3 Å². The van der Waals surface area contributed by atoms with Gasteiger partial charge in [-0.25, -0.2) is 0 Å². The summed E-state index contributed by atoms with van der Waals surface area (Å²) in [5, 5.41) is 14.2. The number of hydrogen-bond acceptors (Lipinski definition) is 2. The van der Waals surface area contributed by atoms with E-state index in [4.69, 9.17) is 0 Å². The number of halogens is 1. The summed E-state index contributed by atoms with van der Waals surface area (Å²) in [6.45, 7) is 4.37. The number of phenols is 1. The molecule has 1 heterocycles. The molecule has 1 unspecified atom stereocenters. The number of para-hydroxylation sites is 2. The fourth-order valence-corrected chi connectivity index (χ4v) is 3.91. The molecule has 1 aliphatic heterocycles. The van der Waals surface area contributed by atoms with Gasteiger partial charge in [0.25, 0.3) is 0 Å². The van der Waals surface area contributed by atoms with E-state index in [-0.39, 0.29) is 5.75 Å². The number of benzene rings is 3. The van der Waals surface area contributed by atoms with Crippen LogP contribution in [0.2, 0.25) is 0 Å². The summed E-state index contributed by atoms with van der Waals surface area (Å²) in [7, 11) is 0. The summed E-state index contributed by atoms with van der Waals surface area (Å²) in [6.07, 6.45) is 4.14. The van der Waals surface area contributed by atoms with Crippen molar-refractivity contribution in [1.29, 1.82) is 0 Å². The molecule has 0 amide bonds. The Labute approximate surface area is 161 Å². The lowest BCUT2D eigenvalue weighted by atomic mass is 9.82. The topological polar surface area (TPSA) is 32.3 Å². The molecule has 0 aromatic heterocycles. The molecule has 128 valence electrons. The first-order valence-electron chi connectivity index (χ1n) is 8.41. The molecule has 0 saturated heterocycles. The van der Waals surface area contributed by atoms with E-state index in [9.17, 15) is 5.11 Å². The Morgan fingerprint density at radius 1 is 0.923 bits per heavy atom. The van der Waals surface area contributed by atoms with Gasteiger partial charge in [0.2, 0.25) is 0 Å². The van der Waals surface area contributed by atoms with E-state index >= 15 is 0 Å². The molecule has 0 spiro atoms. The third-order valence-electron chi connectivity index (χ3n) is 4.79. The van der Waals surface area contributed by atoms with Gasteiger partial charge in [0.15, 0.2) is 0 Å². The summed E-state index contributed by atoms with van der Waals surface area (Å²) in [6, 6.07) is 23.6. The Kier molecular flexibility index (Phi) is 4.17. The summed E-state index contributed by atoms with van der Waals surface area (Å²) < 4.78 is 0.974. The fourth-order valence-electron chi connectivity index (χ4n) is 3.44. The Hall–Kier alpha value is -2.78. The lowest BCUT2D eigenvalue weighted by Crippen LogP contribution is -2.29. The molecule has 1 aliphatic rings. The maximum Gasteiger partial charge on any atom is 0.121 e. The highest BCUT2D eigenvalue weighted by Crippen LogP contribution is 2.52. The molecular weight excluding hydrogens is 386 g/mol. The first-order chi connectivity index (χ1) is 12.6. The van der Waals surface area contributed by atoms with Crippen LogP contribution in [0, 0.1) is 0 Å². The van der Waals surface area contributed by atoms with Crippen LogP contribution in [0.25, 0.3) is 11.6 Å². The highest BCUT2D eigenvalue weighted by atomic mass is 79.9. The lowest BCUT2D eigenvalue weighted by Gasteiger charge is -2.30. The van der Waals surface area contributed by atoms with Gasteiger partial charge in [-0.1, -0.05) is 73.3 Å². The quantitative estimate of drug-likeness (QED) is 0.545. The van der Waals surface area contributed by atoms with Crippen molar-refractivity contribution in [2.24, 2.45) is 0 Å². The van der Waals surface area contributed by atoms with Gasteiger partial charge in [0.1, 0.15) is 11.3 Å². The Morgan fingerprint density at radius 2 is 1.65 bits per heavy atom. The van der Waals surface area contributed by atoms with E-state index in [0.29, 0.717) is 0 Å².